The molecule has 8 nitrogen and oxygen atoms in total. The van der Waals surface area contributed by atoms with Gasteiger partial charge in [-0.25, -0.2) is 4.79 Å². The Morgan fingerprint density at radius 2 is 1.76 bits per heavy atom. The summed E-state index contributed by atoms with van der Waals surface area (Å²) in [7, 11) is 1.60. The maximum absolute atomic E-state index is 13.4. The minimum Gasteiger partial charge on any atom is -0.497 e. The highest BCUT2D eigenvalue weighted by atomic mass is 32.2. The number of urea groups is 1. The number of carbonyl (C=O) groups excluding carboxylic acids is 2. The lowest BCUT2D eigenvalue weighted by atomic mass is 10.1. The number of fused-ring (bicyclic) bond motifs is 1. The third-order valence-corrected chi connectivity index (χ3v) is 7.14. The maximum Gasteiger partial charge on any atom is 0.328 e. The monoisotopic (exact) mass is 476 g/mol. The molecule has 3 heterocycles. The minimum absolute atomic E-state index is 0.122. The minimum atomic E-state index is -0.389. The molecule has 9 heteroatoms. The van der Waals surface area contributed by atoms with Gasteiger partial charge < -0.3 is 14.2 Å². The lowest BCUT2D eigenvalue weighted by Crippen LogP contribution is -2.61. The molecule has 5 rings (SSSR count). The van der Waals surface area contributed by atoms with E-state index in [2.05, 4.69) is 17.1 Å². The molecule has 0 spiro atoms. The molecule has 1 saturated heterocycles. The Bertz CT molecular complexity index is 1220. The zero-order valence-corrected chi connectivity index (χ0v) is 19.7. The van der Waals surface area contributed by atoms with Crippen molar-refractivity contribution in [2.75, 3.05) is 7.11 Å². The summed E-state index contributed by atoms with van der Waals surface area (Å²) in [6.45, 7) is 2.40. The fraction of sp³-hybridized carbons (Fsp3) is 0.280. The number of benzene rings is 2. The highest BCUT2D eigenvalue weighted by Gasteiger charge is 2.47. The summed E-state index contributed by atoms with van der Waals surface area (Å²) in [6.07, 6.45) is 2.84. The first kappa shape index (κ1) is 22.2. The average molecular weight is 477 g/mol. The van der Waals surface area contributed by atoms with Crippen molar-refractivity contribution >= 4 is 23.7 Å². The predicted molar refractivity (Wildman–Crippen MR) is 128 cm³/mol. The number of ether oxygens (including phenoxy) is 1. The van der Waals surface area contributed by atoms with Gasteiger partial charge in [-0.05, 0) is 35.1 Å². The first-order chi connectivity index (χ1) is 16.6. The second kappa shape index (κ2) is 9.34. The predicted octanol–water partition coefficient (Wildman–Crippen LogP) is 4.27. The quantitative estimate of drug-likeness (QED) is 0.503. The number of hydrogen-bond acceptors (Lipinski definition) is 7. The third kappa shape index (κ3) is 4.19. The van der Waals surface area contributed by atoms with Crippen LogP contribution in [0, 0.1) is 0 Å². The number of methoxy groups -OCH3 is 1. The first-order valence-electron chi connectivity index (χ1n) is 11.1. The van der Waals surface area contributed by atoms with E-state index in [-0.39, 0.29) is 36.3 Å². The smallest absolute Gasteiger partial charge is 0.328 e. The third-order valence-electron chi connectivity index (χ3n) is 6.05. The van der Waals surface area contributed by atoms with Gasteiger partial charge >= 0.3 is 6.03 Å². The molecule has 0 N–H and O–H groups in total. The average Bonchev–Trinajstić information content (AvgIpc) is 3.55. The van der Waals surface area contributed by atoms with E-state index in [1.165, 1.54) is 22.2 Å². The number of hydrogen-bond donors (Lipinski definition) is 0. The molecule has 34 heavy (non-hydrogen) atoms. The number of nitrogens with zero attached hydrogens (tertiary/aromatic N) is 4. The van der Waals surface area contributed by atoms with E-state index < -0.39 is 0 Å². The van der Waals surface area contributed by atoms with Crippen molar-refractivity contribution < 1.29 is 18.8 Å². The lowest BCUT2D eigenvalue weighted by molar-refractivity contribution is -0.132. The Balaban J connectivity index is 1.36. The summed E-state index contributed by atoms with van der Waals surface area (Å²) < 4.78 is 10.7. The number of carbonyl (C=O) groups is 2. The molecule has 3 aromatic rings. The molecule has 3 amide bonds. The highest BCUT2D eigenvalue weighted by Crippen LogP contribution is 2.36. The van der Waals surface area contributed by atoms with Gasteiger partial charge in [-0.2, -0.15) is 4.98 Å². The Morgan fingerprint density at radius 1 is 1.03 bits per heavy atom. The normalized spacial score (nSPS) is 19.6. The second-order valence-electron chi connectivity index (χ2n) is 8.12. The summed E-state index contributed by atoms with van der Waals surface area (Å²) in [5, 5.41) is 5.58. The molecule has 1 fully saturated rings. The van der Waals surface area contributed by atoms with Crippen LogP contribution in [-0.4, -0.2) is 50.3 Å². The van der Waals surface area contributed by atoms with Crippen molar-refractivity contribution in [3.05, 3.63) is 77.0 Å². The van der Waals surface area contributed by atoms with Crippen LogP contribution in [0.4, 0.5) is 4.79 Å². The molecule has 2 unspecified atom stereocenters. The van der Waals surface area contributed by atoms with Gasteiger partial charge in [0.1, 0.15) is 17.5 Å². The summed E-state index contributed by atoms with van der Waals surface area (Å²) in [5.74, 6) is 1.32. The van der Waals surface area contributed by atoms with Gasteiger partial charge in [-0.3, -0.25) is 9.69 Å². The molecule has 2 aromatic carbocycles. The first-order valence-corrected chi connectivity index (χ1v) is 12.0. The van der Waals surface area contributed by atoms with Gasteiger partial charge in [0.2, 0.25) is 17.6 Å². The fourth-order valence-corrected chi connectivity index (χ4v) is 5.16. The number of amides is 3. The highest BCUT2D eigenvalue weighted by molar-refractivity contribution is 8.03. The van der Waals surface area contributed by atoms with E-state index in [4.69, 9.17) is 9.26 Å². The van der Waals surface area contributed by atoms with Crippen LogP contribution < -0.4 is 4.74 Å². The van der Waals surface area contributed by atoms with Crippen LogP contribution in [0.25, 0.3) is 11.4 Å². The molecule has 0 aliphatic carbocycles. The van der Waals surface area contributed by atoms with E-state index in [0.717, 1.165) is 17.5 Å². The maximum atomic E-state index is 13.4. The van der Waals surface area contributed by atoms with Crippen LogP contribution in [0.3, 0.4) is 0 Å². The SMILES string of the molecule is CCc1ccc(-c2noc(CN3C(=O)N(Cc4ccc(OC)cc4)C(=O)C4SC=CC43)n2)cc1. The summed E-state index contributed by atoms with van der Waals surface area (Å²) in [5.41, 5.74) is 2.92. The molecule has 0 saturated carbocycles. The second-order valence-corrected chi connectivity index (χ2v) is 9.17. The lowest BCUT2D eigenvalue weighted by Gasteiger charge is -2.40. The van der Waals surface area contributed by atoms with E-state index in [0.29, 0.717) is 17.5 Å². The van der Waals surface area contributed by atoms with E-state index in [1.54, 1.807) is 12.0 Å². The zero-order valence-electron chi connectivity index (χ0n) is 18.9. The Hall–Kier alpha value is -3.59. The van der Waals surface area contributed by atoms with Crippen molar-refractivity contribution in [3.8, 4) is 17.1 Å². The van der Waals surface area contributed by atoms with E-state index in [1.807, 2.05) is 60.0 Å². The summed E-state index contributed by atoms with van der Waals surface area (Å²) in [6, 6.07) is 14.6. The molecule has 174 valence electrons. The van der Waals surface area contributed by atoms with Crippen molar-refractivity contribution in [2.45, 2.75) is 37.7 Å². The Morgan fingerprint density at radius 3 is 2.47 bits per heavy atom. The molecular formula is C25H24N4O4S. The number of aryl methyl sites for hydroxylation is 1. The van der Waals surface area contributed by atoms with Crippen molar-refractivity contribution in [3.63, 3.8) is 0 Å². The van der Waals surface area contributed by atoms with Gasteiger partial charge in [-0.1, -0.05) is 54.6 Å². The topological polar surface area (TPSA) is 88.8 Å². The van der Waals surface area contributed by atoms with Crippen molar-refractivity contribution in [1.29, 1.82) is 0 Å². The Kier molecular flexibility index (Phi) is 6.10. The van der Waals surface area contributed by atoms with Gasteiger partial charge in [0.25, 0.3) is 0 Å². The molecule has 2 aliphatic heterocycles. The summed E-state index contributed by atoms with van der Waals surface area (Å²) in [4.78, 5) is 34.0. The zero-order chi connectivity index (χ0) is 23.7. The van der Waals surface area contributed by atoms with Gasteiger partial charge in [0.05, 0.1) is 19.7 Å². The number of thioether (sulfide) groups is 1. The molecular weight excluding hydrogens is 452 g/mol. The number of rotatable bonds is 7. The summed E-state index contributed by atoms with van der Waals surface area (Å²) >= 11 is 1.42. The molecule has 2 atom stereocenters. The number of imide groups is 1. The number of aromatic nitrogens is 2. The largest absolute Gasteiger partial charge is 0.497 e. The van der Waals surface area contributed by atoms with E-state index >= 15 is 0 Å². The molecule has 1 aromatic heterocycles. The van der Waals surface area contributed by atoms with Crippen LogP contribution >= 0.6 is 11.8 Å². The standard InChI is InChI=1S/C25H24N4O4S/c1-3-16-4-8-18(9-5-16)23-26-21(33-27-23)15-28-20-12-13-34-22(20)24(30)29(25(28)31)14-17-6-10-19(32-2)11-7-17/h4-13,20,22H,3,14-15H2,1-2H3. The Labute approximate surface area is 201 Å². The molecule has 0 bridgehead atoms. The van der Waals surface area contributed by atoms with Crippen LogP contribution in [0.15, 0.2) is 64.5 Å². The molecule has 2 aliphatic rings. The van der Waals surface area contributed by atoms with Gasteiger partial charge in [0.15, 0.2) is 0 Å². The molecule has 0 radical (unpaired) electrons. The van der Waals surface area contributed by atoms with Gasteiger partial charge in [-0.15, -0.1) is 11.8 Å². The van der Waals surface area contributed by atoms with Crippen molar-refractivity contribution in [2.24, 2.45) is 0 Å². The van der Waals surface area contributed by atoms with Gasteiger partial charge in [0, 0.05) is 5.56 Å². The van der Waals surface area contributed by atoms with Crippen LogP contribution in [0.5, 0.6) is 5.75 Å². The van der Waals surface area contributed by atoms with Crippen LogP contribution in [0.1, 0.15) is 23.9 Å². The van der Waals surface area contributed by atoms with Crippen LogP contribution in [0.2, 0.25) is 0 Å². The van der Waals surface area contributed by atoms with E-state index in [9.17, 15) is 9.59 Å². The van der Waals surface area contributed by atoms with Crippen LogP contribution in [-0.2, 0) is 24.3 Å². The van der Waals surface area contributed by atoms with Crippen molar-refractivity contribution in [1.82, 2.24) is 19.9 Å². The fourth-order valence-electron chi connectivity index (χ4n) is 4.10.